The van der Waals surface area contributed by atoms with Gasteiger partial charge in [-0.15, -0.1) is 0 Å². The topological polar surface area (TPSA) is 21.3 Å². The molecule has 1 fully saturated rings. The Hall–Kier alpha value is -0.0800. The minimum Gasteiger partial charge on any atom is -0.374 e. The molecule has 0 spiro atoms. The van der Waals surface area contributed by atoms with Crippen LogP contribution in [0.4, 0.5) is 0 Å². The van der Waals surface area contributed by atoms with Crippen LogP contribution in [0.2, 0.25) is 0 Å². The van der Waals surface area contributed by atoms with E-state index < -0.39 is 0 Å². The molecule has 0 aromatic rings. The summed E-state index contributed by atoms with van der Waals surface area (Å²) in [5, 5.41) is 3.45. The van der Waals surface area contributed by atoms with Crippen LogP contribution >= 0.6 is 0 Å². The van der Waals surface area contributed by atoms with Gasteiger partial charge < -0.3 is 10.1 Å². The normalized spacial score (nSPS) is 26.8. The van der Waals surface area contributed by atoms with Gasteiger partial charge >= 0.3 is 0 Å². The third-order valence-corrected chi connectivity index (χ3v) is 4.19. The first kappa shape index (κ1) is 16.0. The summed E-state index contributed by atoms with van der Waals surface area (Å²) < 4.78 is 6.29. The molecule has 0 saturated heterocycles. The highest BCUT2D eigenvalue weighted by Gasteiger charge is 2.24. The average molecular weight is 255 g/mol. The Kier molecular flexibility index (Phi) is 8.70. The molecule has 0 radical (unpaired) electrons. The first-order valence-corrected chi connectivity index (χ1v) is 8.10. The second-order valence-corrected chi connectivity index (χ2v) is 5.87. The fourth-order valence-electron chi connectivity index (χ4n) is 2.99. The molecule has 0 heterocycles. The van der Waals surface area contributed by atoms with E-state index in [0.717, 1.165) is 0 Å². The zero-order chi connectivity index (χ0) is 13.2. The van der Waals surface area contributed by atoms with E-state index in [0.29, 0.717) is 18.2 Å². The number of ether oxygens (including phenoxy) is 1. The van der Waals surface area contributed by atoms with Gasteiger partial charge in [0.2, 0.25) is 0 Å². The number of unbranched alkanes of at least 4 members (excludes halogenated alkanes) is 3. The molecule has 108 valence electrons. The van der Waals surface area contributed by atoms with Gasteiger partial charge in [-0.2, -0.15) is 0 Å². The minimum atomic E-state index is 0.431. The SMILES string of the molecule is CCCCCCC(C)OC1CCCCCC1NC. The van der Waals surface area contributed by atoms with Gasteiger partial charge in [-0.05, 0) is 33.2 Å². The fourth-order valence-corrected chi connectivity index (χ4v) is 2.99. The van der Waals surface area contributed by atoms with Gasteiger partial charge in [0.05, 0.1) is 12.2 Å². The van der Waals surface area contributed by atoms with Crippen molar-refractivity contribution >= 4 is 0 Å². The second-order valence-electron chi connectivity index (χ2n) is 5.87. The van der Waals surface area contributed by atoms with E-state index in [1.54, 1.807) is 0 Å². The summed E-state index contributed by atoms with van der Waals surface area (Å²) in [6.07, 6.45) is 14.1. The number of nitrogens with one attached hydrogen (secondary N) is 1. The van der Waals surface area contributed by atoms with Crippen molar-refractivity contribution in [1.82, 2.24) is 5.32 Å². The summed E-state index contributed by atoms with van der Waals surface area (Å²) in [7, 11) is 2.08. The van der Waals surface area contributed by atoms with Crippen LogP contribution in [-0.4, -0.2) is 25.3 Å². The Balaban J connectivity index is 2.24. The molecule has 2 nitrogen and oxygen atoms in total. The lowest BCUT2D eigenvalue weighted by Crippen LogP contribution is -2.40. The van der Waals surface area contributed by atoms with Crippen molar-refractivity contribution in [1.29, 1.82) is 0 Å². The molecule has 0 amide bonds. The summed E-state index contributed by atoms with van der Waals surface area (Å²) in [5.74, 6) is 0. The van der Waals surface area contributed by atoms with Crippen LogP contribution in [0.25, 0.3) is 0 Å². The van der Waals surface area contributed by atoms with Gasteiger partial charge in [0.1, 0.15) is 0 Å². The third-order valence-electron chi connectivity index (χ3n) is 4.19. The lowest BCUT2D eigenvalue weighted by atomic mass is 10.1. The van der Waals surface area contributed by atoms with Crippen molar-refractivity contribution in [3.05, 3.63) is 0 Å². The van der Waals surface area contributed by atoms with E-state index >= 15 is 0 Å². The Bertz CT molecular complexity index is 196. The van der Waals surface area contributed by atoms with E-state index in [1.165, 1.54) is 64.2 Å². The first-order valence-electron chi connectivity index (χ1n) is 8.10. The summed E-state index contributed by atoms with van der Waals surface area (Å²) in [6, 6.07) is 0.575. The summed E-state index contributed by atoms with van der Waals surface area (Å²) in [5.41, 5.74) is 0. The van der Waals surface area contributed by atoms with Gasteiger partial charge in [-0.25, -0.2) is 0 Å². The maximum absolute atomic E-state index is 6.29. The summed E-state index contributed by atoms with van der Waals surface area (Å²) in [4.78, 5) is 0. The van der Waals surface area contributed by atoms with Crippen molar-refractivity contribution in [3.63, 3.8) is 0 Å². The Morgan fingerprint density at radius 1 is 1.11 bits per heavy atom. The van der Waals surface area contributed by atoms with Crippen LogP contribution in [0, 0.1) is 0 Å². The maximum atomic E-state index is 6.29. The van der Waals surface area contributed by atoms with Crippen LogP contribution in [-0.2, 0) is 4.74 Å². The monoisotopic (exact) mass is 255 g/mol. The lowest BCUT2D eigenvalue weighted by Gasteiger charge is -2.28. The average Bonchev–Trinajstić information content (AvgIpc) is 2.59. The van der Waals surface area contributed by atoms with E-state index in [4.69, 9.17) is 4.74 Å². The Labute approximate surface area is 114 Å². The first-order chi connectivity index (χ1) is 8.77. The maximum Gasteiger partial charge on any atom is 0.0731 e. The quantitative estimate of drug-likeness (QED) is 0.516. The van der Waals surface area contributed by atoms with Crippen molar-refractivity contribution in [2.24, 2.45) is 0 Å². The molecule has 1 rings (SSSR count). The van der Waals surface area contributed by atoms with Gasteiger partial charge in [0.15, 0.2) is 0 Å². The molecule has 3 atom stereocenters. The van der Waals surface area contributed by atoms with Crippen molar-refractivity contribution < 1.29 is 4.74 Å². The number of hydrogen-bond donors (Lipinski definition) is 1. The molecule has 0 bridgehead atoms. The highest BCUT2D eigenvalue weighted by molar-refractivity contribution is 4.79. The fraction of sp³-hybridized carbons (Fsp3) is 1.00. The second kappa shape index (κ2) is 9.80. The zero-order valence-electron chi connectivity index (χ0n) is 12.7. The van der Waals surface area contributed by atoms with Crippen molar-refractivity contribution in [2.45, 2.75) is 96.3 Å². The molecule has 0 aromatic heterocycles. The van der Waals surface area contributed by atoms with E-state index in [9.17, 15) is 0 Å². The lowest BCUT2D eigenvalue weighted by molar-refractivity contribution is -0.0288. The van der Waals surface area contributed by atoms with Gasteiger partial charge in [0, 0.05) is 6.04 Å². The Morgan fingerprint density at radius 3 is 2.61 bits per heavy atom. The van der Waals surface area contributed by atoms with Crippen molar-refractivity contribution in [3.8, 4) is 0 Å². The van der Waals surface area contributed by atoms with Gasteiger partial charge in [0.25, 0.3) is 0 Å². The van der Waals surface area contributed by atoms with E-state index in [2.05, 4.69) is 26.2 Å². The smallest absolute Gasteiger partial charge is 0.0731 e. The predicted molar refractivity (Wildman–Crippen MR) is 79.0 cm³/mol. The van der Waals surface area contributed by atoms with Crippen LogP contribution in [0.15, 0.2) is 0 Å². The van der Waals surface area contributed by atoms with Crippen LogP contribution in [0.5, 0.6) is 0 Å². The Morgan fingerprint density at radius 2 is 1.89 bits per heavy atom. The number of likely N-dealkylation sites (N-methyl/N-ethyl adjacent to an activating group) is 1. The highest BCUT2D eigenvalue weighted by Crippen LogP contribution is 2.22. The standard InChI is InChI=1S/C16H33NO/c1-4-5-6-8-11-14(2)18-16-13-10-7-9-12-15(16)17-3/h14-17H,4-13H2,1-3H3. The summed E-state index contributed by atoms with van der Waals surface area (Å²) >= 11 is 0. The molecule has 1 aliphatic carbocycles. The van der Waals surface area contributed by atoms with Crippen LogP contribution in [0.1, 0.15) is 78.1 Å². The molecule has 1 aliphatic rings. The third kappa shape index (κ3) is 6.19. The molecule has 1 N–H and O–H groups in total. The van der Waals surface area contributed by atoms with Crippen LogP contribution in [0.3, 0.4) is 0 Å². The molecular weight excluding hydrogens is 222 g/mol. The predicted octanol–water partition coefficient (Wildman–Crippen LogP) is 4.28. The van der Waals surface area contributed by atoms with Gasteiger partial charge in [-0.1, -0.05) is 51.9 Å². The van der Waals surface area contributed by atoms with Gasteiger partial charge in [-0.3, -0.25) is 0 Å². The molecule has 0 aliphatic heterocycles. The molecule has 3 unspecified atom stereocenters. The van der Waals surface area contributed by atoms with E-state index in [1.807, 2.05) is 0 Å². The number of rotatable bonds is 8. The molecule has 0 aromatic carbocycles. The largest absolute Gasteiger partial charge is 0.374 e. The highest BCUT2D eigenvalue weighted by atomic mass is 16.5. The molecule has 1 saturated carbocycles. The number of hydrogen-bond acceptors (Lipinski definition) is 2. The zero-order valence-corrected chi connectivity index (χ0v) is 12.7. The van der Waals surface area contributed by atoms with E-state index in [-0.39, 0.29) is 0 Å². The van der Waals surface area contributed by atoms with Crippen LogP contribution < -0.4 is 5.32 Å². The molecule has 2 heteroatoms. The molecule has 18 heavy (non-hydrogen) atoms. The summed E-state index contributed by atoms with van der Waals surface area (Å²) in [6.45, 7) is 4.52. The minimum absolute atomic E-state index is 0.431. The van der Waals surface area contributed by atoms with Crippen molar-refractivity contribution in [2.75, 3.05) is 7.05 Å². The molecular formula is C16H33NO.